The normalized spacial score (nSPS) is 18.8. The average Bonchev–Trinajstić information content (AvgIpc) is 2.30. The van der Waals surface area contributed by atoms with E-state index in [0.717, 1.165) is 5.92 Å². The standard InChI is InChI=1S/C14H20.C2H6/c1-10(2)13-6-4-5-12-8-7-11(3)9-14(12)13;1-2/h4-6,10-11H,7-9H2,1-3H3;1-2H3. The van der Waals surface area contributed by atoms with E-state index < -0.39 is 0 Å². The highest BCUT2D eigenvalue weighted by Gasteiger charge is 2.18. The van der Waals surface area contributed by atoms with Crippen molar-refractivity contribution in [2.45, 2.75) is 59.8 Å². The van der Waals surface area contributed by atoms with Gasteiger partial charge in [-0.25, -0.2) is 0 Å². The molecular weight excluding hydrogens is 192 g/mol. The molecule has 1 aromatic carbocycles. The molecule has 1 aliphatic rings. The lowest BCUT2D eigenvalue weighted by atomic mass is 9.80. The van der Waals surface area contributed by atoms with E-state index >= 15 is 0 Å². The van der Waals surface area contributed by atoms with Gasteiger partial charge in [-0.2, -0.15) is 0 Å². The second-order valence-electron chi connectivity index (χ2n) is 4.99. The van der Waals surface area contributed by atoms with Crippen LogP contribution in [0.5, 0.6) is 0 Å². The molecule has 0 saturated heterocycles. The molecule has 0 radical (unpaired) electrons. The van der Waals surface area contributed by atoms with Crippen molar-refractivity contribution in [2.24, 2.45) is 5.92 Å². The molecule has 90 valence electrons. The Morgan fingerprint density at radius 3 is 2.50 bits per heavy atom. The van der Waals surface area contributed by atoms with Crippen LogP contribution in [0.15, 0.2) is 18.2 Å². The largest absolute Gasteiger partial charge is 0.0683 e. The summed E-state index contributed by atoms with van der Waals surface area (Å²) in [5.41, 5.74) is 4.84. The fraction of sp³-hybridized carbons (Fsp3) is 0.625. The summed E-state index contributed by atoms with van der Waals surface area (Å²) in [5, 5.41) is 0. The highest BCUT2D eigenvalue weighted by Crippen LogP contribution is 2.31. The van der Waals surface area contributed by atoms with E-state index in [1.807, 2.05) is 13.8 Å². The Bertz CT molecular complexity index is 323. The predicted molar refractivity (Wildman–Crippen MR) is 73.1 cm³/mol. The third kappa shape index (κ3) is 2.87. The zero-order chi connectivity index (χ0) is 12.1. The summed E-state index contributed by atoms with van der Waals surface area (Å²) in [4.78, 5) is 0. The summed E-state index contributed by atoms with van der Waals surface area (Å²) in [7, 11) is 0. The molecule has 0 fully saturated rings. The van der Waals surface area contributed by atoms with Crippen molar-refractivity contribution < 1.29 is 0 Å². The molecule has 16 heavy (non-hydrogen) atoms. The first-order chi connectivity index (χ1) is 7.68. The summed E-state index contributed by atoms with van der Waals surface area (Å²) in [6, 6.07) is 6.85. The van der Waals surface area contributed by atoms with E-state index in [1.54, 1.807) is 16.7 Å². The molecule has 0 aromatic heterocycles. The van der Waals surface area contributed by atoms with Crippen LogP contribution >= 0.6 is 0 Å². The topological polar surface area (TPSA) is 0 Å². The van der Waals surface area contributed by atoms with Crippen LogP contribution in [0.4, 0.5) is 0 Å². The molecular formula is C16H26. The van der Waals surface area contributed by atoms with Gasteiger partial charge in [-0.05, 0) is 47.8 Å². The first kappa shape index (κ1) is 13.3. The lowest BCUT2D eigenvalue weighted by Crippen LogP contribution is -2.14. The first-order valence-electron chi connectivity index (χ1n) is 6.79. The van der Waals surface area contributed by atoms with Gasteiger partial charge in [0, 0.05) is 0 Å². The zero-order valence-corrected chi connectivity index (χ0v) is 11.5. The molecule has 0 heteroatoms. The molecule has 0 nitrogen and oxygen atoms in total. The van der Waals surface area contributed by atoms with Crippen LogP contribution in [0.2, 0.25) is 0 Å². The van der Waals surface area contributed by atoms with Crippen molar-refractivity contribution in [3.63, 3.8) is 0 Å². The van der Waals surface area contributed by atoms with E-state index in [9.17, 15) is 0 Å². The lowest BCUT2D eigenvalue weighted by Gasteiger charge is -2.25. The quantitative estimate of drug-likeness (QED) is 0.625. The van der Waals surface area contributed by atoms with Gasteiger partial charge in [0.05, 0.1) is 0 Å². The Morgan fingerprint density at radius 1 is 1.19 bits per heavy atom. The van der Waals surface area contributed by atoms with Crippen molar-refractivity contribution in [3.8, 4) is 0 Å². The summed E-state index contributed by atoms with van der Waals surface area (Å²) >= 11 is 0. The molecule has 0 saturated carbocycles. The first-order valence-corrected chi connectivity index (χ1v) is 6.79. The Morgan fingerprint density at radius 2 is 1.88 bits per heavy atom. The van der Waals surface area contributed by atoms with Crippen LogP contribution in [0.25, 0.3) is 0 Å². The van der Waals surface area contributed by atoms with E-state index in [1.165, 1.54) is 19.3 Å². The summed E-state index contributed by atoms with van der Waals surface area (Å²) in [6.45, 7) is 11.0. The number of fused-ring (bicyclic) bond motifs is 1. The molecule has 0 heterocycles. The molecule has 1 aromatic rings. The smallest absolute Gasteiger partial charge is 0.0216 e. The monoisotopic (exact) mass is 218 g/mol. The Hall–Kier alpha value is -0.780. The fourth-order valence-corrected chi connectivity index (χ4v) is 2.53. The molecule has 0 bridgehead atoms. The van der Waals surface area contributed by atoms with Gasteiger partial charge in [-0.3, -0.25) is 0 Å². The SMILES string of the molecule is CC.CC1CCc2cccc(C(C)C)c2C1. The van der Waals surface area contributed by atoms with Gasteiger partial charge in [0.1, 0.15) is 0 Å². The third-order valence-corrected chi connectivity index (χ3v) is 3.39. The van der Waals surface area contributed by atoms with Crippen molar-refractivity contribution in [1.29, 1.82) is 0 Å². The Labute approximate surface area is 101 Å². The summed E-state index contributed by atoms with van der Waals surface area (Å²) in [5.74, 6) is 1.55. The molecule has 1 unspecified atom stereocenters. The second kappa shape index (κ2) is 6.08. The Kier molecular flexibility index (Phi) is 5.05. The van der Waals surface area contributed by atoms with Gasteiger partial charge in [0.15, 0.2) is 0 Å². The van der Waals surface area contributed by atoms with Gasteiger partial charge in [0.25, 0.3) is 0 Å². The van der Waals surface area contributed by atoms with Gasteiger partial charge in [-0.15, -0.1) is 0 Å². The maximum absolute atomic E-state index is 2.38. The second-order valence-corrected chi connectivity index (χ2v) is 4.99. The van der Waals surface area contributed by atoms with Crippen LogP contribution in [-0.2, 0) is 12.8 Å². The molecule has 1 atom stereocenters. The van der Waals surface area contributed by atoms with Crippen molar-refractivity contribution in [2.75, 3.05) is 0 Å². The van der Waals surface area contributed by atoms with Gasteiger partial charge < -0.3 is 0 Å². The summed E-state index contributed by atoms with van der Waals surface area (Å²) in [6.07, 6.45) is 3.95. The van der Waals surface area contributed by atoms with E-state index in [-0.39, 0.29) is 0 Å². The maximum atomic E-state index is 2.38. The number of rotatable bonds is 1. The van der Waals surface area contributed by atoms with E-state index in [2.05, 4.69) is 39.0 Å². The minimum absolute atomic E-state index is 0.676. The average molecular weight is 218 g/mol. The molecule has 0 amide bonds. The van der Waals surface area contributed by atoms with Gasteiger partial charge in [0.2, 0.25) is 0 Å². The number of hydrogen-bond donors (Lipinski definition) is 0. The molecule has 0 spiro atoms. The van der Waals surface area contributed by atoms with E-state index in [4.69, 9.17) is 0 Å². The summed E-state index contributed by atoms with van der Waals surface area (Å²) < 4.78 is 0. The van der Waals surface area contributed by atoms with Crippen LogP contribution in [0, 0.1) is 5.92 Å². The van der Waals surface area contributed by atoms with Crippen molar-refractivity contribution in [1.82, 2.24) is 0 Å². The zero-order valence-electron chi connectivity index (χ0n) is 11.5. The number of hydrogen-bond acceptors (Lipinski definition) is 0. The van der Waals surface area contributed by atoms with Crippen LogP contribution in [0.3, 0.4) is 0 Å². The molecule has 0 N–H and O–H groups in total. The van der Waals surface area contributed by atoms with Crippen LogP contribution in [0.1, 0.15) is 63.6 Å². The highest BCUT2D eigenvalue weighted by molar-refractivity contribution is 5.39. The van der Waals surface area contributed by atoms with Crippen LogP contribution < -0.4 is 0 Å². The number of aryl methyl sites for hydroxylation is 1. The molecule has 1 aliphatic carbocycles. The molecule has 0 aliphatic heterocycles. The number of benzene rings is 1. The minimum atomic E-state index is 0.676. The maximum Gasteiger partial charge on any atom is -0.0216 e. The minimum Gasteiger partial charge on any atom is -0.0683 e. The lowest BCUT2D eigenvalue weighted by molar-refractivity contribution is 0.496. The fourth-order valence-electron chi connectivity index (χ4n) is 2.53. The predicted octanol–water partition coefficient (Wildman–Crippen LogP) is 4.96. The van der Waals surface area contributed by atoms with Crippen molar-refractivity contribution >= 4 is 0 Å². The highest BCUT2D eigenvalue weighted by atomic mass is 14.2. The van der Waals surface area contributed by atoms with E-state index in [0.29, 0.717) is 5.92 Å². The Balaban J connectivity index is 0.000000606. The van der Waals surface area contributed by atoms with Crippen LogP contribution in [-0.4, -0.2) is 0 Å². The van der Waals surface area contributed by atoms with Crippen molar-refractivity contribution in [3.05, 3.63) is 34.9 Å². The van der Waals surface area contributed by atoms with Gasteiger partial charge in [-0.1, -0.05) is 52.8 Å². The van der Waals surface area contributed by atoms with Gasteiger partial charge >= 0.3 is 0 Å². The molecule has 2 rings (SSSR count). The third-order valence-electron chi connectivity index (χ3n) is 3.39.